The molecule has 1 aliphatic rings. The fraction of sp³-hybridized carbons (Fsp3) is 0.412. The number of hydrogen-bond donors (Lipinski definition) is 0. The number of fused-ring (bicyclic) bond motifs is 1. The number of rotatable bonds is 2. The van der Waals surface area contributed by atoms with Crippen molar-refractivity contribution in [2.75, 3.05) is 0 Å². The summed E-state index contributed by atoms with van der Waals surface area (Å²) < 4.78 is 0. The summed E-state index contributed by atoms with van der Waals surface area (Å²) in [6.45, 7) is 2.28. The number of Topliss-reactive ketones (excluding diaryl/α,β-unsaturated/α-hetero) is 1. The fourth-order valence-electron chi connectivity index (χ4n) is 3.08. The Hall–Kier alpha value is -1.70. The summed E-state index contributed by atoms with van der Waals surface area (Å²) >= 11 is 0. The molecule has 0 bridgehead atoms. The number of benzene rings is 1. The van der Waals surface area contributed by atoms with Crippen LogP contribution < -0.4 is 0 Å². The van der Waals surface area contributed by atoms with E-state index in [9.17, 15) is 4.79 Å². The molecule has 0 aliphatic heterocycles. The molecule has 2 aromatic rings. The quantitative estimate of drug-likeness (QED) is 0.749. The molecule has 0 amide bonds. The standard InChI is InChI=1S/C17H19NO/c1-12-5-7-13(8-6-12)17(19)16-4-2-3-14-11-18-10-9-15(14)16/h2-4,9-13H,5-8H2,1H3. The van der Waals surface area contributed by atoms with E-state index in [-0.39, 0.29) is 5.92 Å². The number of ketones is 1. The SMILES string of the molecule is CC1CCC(C(=O)c2cccc3cnccc23)CC1. The van der Waals surface area contributed by atoms with E-state index in [0.717, 1.165) is 35.1 Å². The molecule has 1 fully saturated rings. The number of aromatic nitrogens is 1. The largest absolute Gasteiger partial charge is 0.294 e. The van der Waals surface area contributed by atoms with Gasteiger partial charge in [-0.2, -0.15) is 0 Å². The van der Waals surface area contributed by atoms with Gasteiger partial charge < -0.3 is 0 Å². The highest BCUT2D eigenvalue weighted by molar-refractivity contribution is 6.08. The number of carbonyl (C=O) groups excluding carboxylic acids is 1. The van der Waals surface area contributed by atoms with Crippen LogP contribution in [0.25, 0.3) is 10.8 Å². The highest BCUT2D eigenvalue weighted by Gasteiger charge is 2.25. The van der Waals surface area contributed by atoms with Crippen molar-refractivity contribution in [1.82, 2.24) is 4.98 Å². The predicted octanol–water partition coefficient (Wildman–Crippen LogP) is 4.24. The van der Waals surface area contributed by atoms with E-state index in [0.29, 0.717) is 5.78 Å². The van der Waals surface area contributed by atoms with Gasteiger partial charge in [0, 0.05) is 29.3 Å². The van der Waals surface area contributed by atoms with Gasteiger partial charge in [0.15, 0.2) is 5.78 Å². The number of nitrogens with zero attached hydrogens (tertiary/aromatic N) is 1. The van der Waals surface area contributed by atoms with E-state index in [2.05, 4.69) is 11.9 Å². The Balaban J connectivity index is 1.93. The zero-order chi connectivity index (χ0) is 13.2. The molecule has 2 heteroatoms. The topological polar surface area (TPSA) is 30.0 Å². The van der Waals surface area contributed by atoms with Crippen LogP contribution in [0.2, 0.25) is 0 Å². The summed E-state index contributed by atoms with van der Waals surface area (Å²) in [5, 5.41) is 2.10. The first-order valence-corrected chi connectivity index (χ1v) is 7.12. The van der Waals surface area contributed by atoms with E-state index in [1.165, 1.54) is 12.8 Å². The summed E-state index contributed by atoms with van der Waals surface area (Å²) in [6, 6.07) is 7.89. The molecular weight excluding hydrogens is 234 g/mol. The van der Waals surface area contributed by atoms with Crippen molar-refractivity contribution >= 4 is 16.6 Å². The maximum Gasteiger partial charge on any atom is 0.166 e. The predicted molar refractivity (Wildman–Crippen MR) is 77.2 cm³/mol. The minimum absolute atomic E-state index is 0.218. The second-order valence-electron chi connectivity index (χ2n) is 5.72. The van der Waals surface area contributed by atoms with Gasteiger partial charge in [-0.05, 0) is 30.2 Å². The molecule has 1 heterocycles. The maximum absolute atomic E-state index is 12.7. The summed E-state index contributed by atoms with van der Waals surface area (Å²) in [5.74, 6) is 1.32. The number of carbonyl (C=O) groups is 1. The van der Waals surface area contributed by atoms with E-state index in [4.69, 9.17) is 0 Å². The van der Waals surface area contributed by atoms with Crippen LogP contribution >= 0.6 is 0 Å². The zero-order valence-corrected chi connectivity index (χ0v) is 11.3. The van der Waals surface area contributed by atoms with Crippen molar-refractivity contribution in [2.24, 2.45) is 11.8 Å². The molecule has 2 nitrogen and oxygen atoms in total. The van der Waals surface area contributed by atoms with Gasteiger partial charge in [-0.3, -0.25) is 9.78 Å². The lowest BCUT2D eigenvalue weighted by atomic mass is 9.79. The van der Waals surface area contributed by atoms with Crippen LogP contribution in [-0.2, 0) is 0 Å². The molecule has 0 unspecified atom stereocenters. The second kappa shape index (κ2) is 5.12. The van der Waals surface area contributed by atoms with Gasteiger partial charge in [0.2, 0.25) is 0 Å². The maximum atomic E-state index is 12.7. The van der Waals surface area contributed by atoms with Crippen LogP contribution in [0.15, 0.2) is 36.7 Å². The van der Waals surface area contributed by atoms with Crippen molar-refractivity contribution < 1.29 is 4.79 Å². The molecule has 3 rings (SSSR count). The smallest absolute Gasteiger partial charge is 0.166 e. The Morgan fingerprint density at radius 2 is 1.95 bits per heavy atom. The molecule has 19 heavy (non-hydrogen) atoms. The molecule has 1 aromatic heterocycles. The van der Waals surface area contributed by atoms with Crippen LogP contribution in [0.4, 0.5) is 0 Å². The van der Waals surface area contributed by atoms with Gasteiger partial charge in [0.25, 0.3) is 0 Å². The molecule has 0 spiro atoms. The summed E-state index contributed by atoms with van der Waals surface area (Å²) in [5.41, 5.74) is 0.874. The molecule has 98 valence electrons. The van der Waals surface area contributed by atoms with Crippen molar-refractivity contribution in [1.29, 1.82) is 0 Å². The lowest BCUT2D eigenvalue weighted by molar-refractivity contribution is 0.0877. The summed E-state index contributed by atoms with van der Waals surface area (Å²) in [7, 11) is 0. The molecule has 1 aromatic carbocycles. The van der Waals surface area contributed by atoms with Crippen LogP contribution in [0.3, 0.4) is 0 Å². The molecule has 0 atom stereocenters. The first-order valence-electron chi connectivity index (χ1n) is 7.12. The highest BCUT2D eigenvalue weighted by Crippen LogP contribution is 2.32. The van der Waals surface area contributed by atoms with Crippen LogP contribution in [0.1, 0.15) is 43.0 Å². The summed E-state index contributed by atoms with van der Waals surface area (Å²) in [6.07, 6.45) is 8.05. The first-order chi connectivity index (χ1) is 9.25. The average molecular weight is 253 g/mol. The first kappa shape index (κ1) is 12.3. The van der Waals surface area contributed by atoms with E-state index in [1.807, 2.05) is 30.5 Å². The lowest BCUT2D eigenvalue weighted by Gasteiger charge is -2.25. The third-order valence-corrected chi connectivity index (χ3v) is 4.33. The van der Waals surface area contributed by atoms with Crippen molar-refractivity contribution in [3.8, 4) is 0 Å². The third-order valence-electron chi connectivity index (χ3n) is 4.33. The Morgan fingerprint density at radius 1 is 1.16 bits per heavy atom. The van der Waals surface area contributed by atoms with Gasteiger partial charge in [0.1, 0.15) is 0 Å². The van der Waals surface area contributed by atoms with Crippen LogP contribution in [-0.4, -0.2) is 10.8 Å². The minimum Gasteiger partial charge on any atom is -0.294 e. The number of pyridine rings is 1. The van der Waals surface area contributed by atoms with Crippen molar-refractivity contribution in [2.45, 2.75) is 32.6 Å². The Labute approximate surface area is 113 Å². The van der Waals surface area contributed by atoms with E-state index in [1.54, 1.807) is 6.20 Å². The second-order valence-corrected chi connectivity index (χ2v) is 5.72. The van der Waals surface area contributed by atoms with Gasteiger partial charge in [0.05, 0.1) is 0 Å². The Kier molecular flexibility index (Phi) is 3.33. The molecule has 0 N–H and O–H groups in total. The number of hydrogen-bond acceptors (Lipinski definition) is 2. The van der Waals surface area contributed by atoms with Crippen LogP contribution in [0, 0.1) is 11.8 Å². The molecule has 0 radical (unpaired) electrons. The monoisotopic (exact) mass is 253 g/mol. The van der Waals surface area contributed by atoms with E-state index < -0.39 is 0 Å². The molecule has 0 saturated heterocycles. The van der Waals surface area contributed by atoms with Gasteiger partial charge >= 0.3 is 0 Å². The average Bonchev–Trinajstić information content (AvgIpc) is 2.47. The van der Waals surface area contributed by atoms with Crippen molar-refractivity contribution in [3.63, 3.8) is 0 Å². The van der Waals surface area contributed by atoms with Gasteiger partial charge in [-0.25, -0.2) is 0 Å². The normalized spacial score (nSPS) is 23.4. The van der Waals surface area contributed by atoms with Gasteiger partial charge in [-0.15, -0.1) is 0 Å². The molecule has 1 aliphatic carbocycles. The van der Waals surface area contributed by atoms with Crippen molar-refractivity contribution in [3.05, 3.63) is 42.2 Å². The Morgan fingerprint density at radius 3 is 2.74 bits per heavy atom. The van der Waals surface area contributed by atoms with E-state index >= 15 is 0 Å². The lowest BCUT2D eigenvalue weighted by Crippen LogP contribution is -2.21. The fourth-order valence-corrected chi connectivity index (χ4v) is 3.08. The highest BCUT2D eigenvalue weighted by atomic mass is 16.1. The zero-order valence-electron chi connectivity index (χ0n) is 11.3. The Bertz CT molecular complexity index is 592. The molecule has 1 saturated carbocycles. The van der Waals surface area contributed by atoms with Gasteiger partial charge in [-0.1, -0.05) is 38.0 Å². The minimum atomic E-state index is 0.218. The van der Waals surface area contributed by atoms with Crippen LogP contribution in [0.5, 0.6) is 0 Å². The third kappa shape index (κ3) is 2.40. The summed E-state index contributed by atoms with van der Waals surface area (Å²) in [4.78, 5) is 16.8. The molecular formula is C17H19NO.